The maximum absolute atomic E-state index is 11.6. The first-order chi connectivity index (χ1) is 13.3. The summed E-state index contributed by atoms with van der Waals surface area (Å²) in [7, 11) is 0. The molecule has 0 spiro atoms. The van der Waals surface area contributed by atoms with Crippen LogP contribution in [0.15, 0.2) is 42.9 Å². The van der Waals surface area contributed by atoms with Crippen LogP contribution in [0.4, 0.5) is 5.82 Å². The van der Waals surface area contributed by atoms with E-state index in [2.05, 4.69) is 19.8 Å². The molecule has 0 amide bonds. The van der Waals surface area contributed by atoms with Crippen molar-refractivity contribution in [1.29, 1.82) is 0 Å². The zero-order chi connectivity index (χ0) is 18.9. The van der Waals surface area contributed by atoms with Gasteiger partial charge >= 0.3 is 0 Å². The van der Waals surface area contributed by atoms with Crippen molar-refractivity contribution in [3.63, 3.8) is 0 Å². The Balaban J connectivity index is 1.29. The van der Waals surface area contributed by atoms with Crippen LogP contribution in [0.3, 0.4) is 0 Å². The van der Waals surface area contributed by atoms with Gasteiger partial charge in [0.05, 0.1) is 12.8 Å². The Labute approximate surface area is 161 Å². The van der Waals surface area contributed by atoms with Crippen molar-refractivity contribution < 1.29 is 9.53 Å². The van der Waals surface area contributed by atoms with Crippen molar-refractivity contribution in [2.24, 2.45) is 0 Å². The second-order valence-electron chi connectivity index (χ2n) is 6.75. The van der Waals surface area contributed by atoms with Crippen LogP contribution in [0.5, 0.6) is 5.75 Å². The molecule has 0 saturated carbocycles. The highest BCUT2D eigenvalue weighted by Gasteiger charge is 2.17. The molecule has 1 saturated heterocycles. The summed E-state index contributed by atoms with van der Waals surface area (Å²) in [4.78, 5) is 24.9. The molecule has 2 heterocycles. The number of rotatable bonds is 9. The average molecular weight is 368 g/mol. The van der Waals surface area contributed by atoms with Crippen molar-refractivity contribution in [3.05, 3.63) is 48.4 Å². The summed E-state index contributed by atoms with van der Waals surface area (Å²) in [6.45, 7) is 7.80. The predicted molar refractivity (Wildman–Crippen MR) is 106 cm³/mol. The highest BCUT2D eigenvalue weighted by molar-refractivity contribution is 5.95. The lowest BCUT2D eigenvalue weighted by Crippen LogP contribution is -2.47. The minimum absolute atomic E-state index is 0.168. The molecule has 1 aliphatic heterocycles. The Bertz CT molecular complexity index is 698. The summed E-state index contributed by atoms with van der Waals surface area (Å²) in [6.07, 6.45) is 7.97. The van der Waals surface area contributed by atoms with Gasteiger partial charge in [-0.15, -0.1) is 0 Å². The van der Waals surface area contributed by atoms with Crippen LogP contribution in [0.1, 0.15) is 36.5 Å². The summed E-state index contributed by atoms with van der Waals surface area (Å²) in [5, 5.41) is 0. The van der Waals surface area contributed by atoms with Gasteiger partial charge in [0.2, 0.25) is 0 Å². The molecule has 144 valence electrons. The number of Topliss-reactive ketones (excluding diaryl/α,β-unsaturated/α-hetero) is 1. The molecular formula is C21H28N4O2. The van der Waals surface area contributed by atoms with Gasteiger partial charge in [-0.1, -0.05) is 6.92 Å². The van der Waals surface area contributed by atoms with Gasteiger partial charge in [0, 0.05) is 50.6 Å². The number of benzene rings is 1. The van der Waals surface area contributed by atoms with Crippen LogP contribution in [0, 0.1) is 0 Å². The first-order valence-electron chi connectivity index (χ1n) is 9.75. The van der Waals surface area contributed by atoms with E-state index in [1.165, 1.54) is 0 Å². The lowest BCUT2D eigenvalue weighted by atomic mass is 10.1. The average Bonchev–Trinajstić information content (AvgIpc) is 2.74. The smallest absolute Gasteiger partial charge is 0.162 e. The molecule has 0 aliphatic carbocycles. The number of hydrogen-bond donors (Lipinski definition) is 0. The van der Waals surface area contributed by atoms with Gasteiger partial charge in [-0.05, 0) is 43.7 Å². The van der Waals surface area contributed by atoms with E-state index in [-0.39, 0.29) is 5.78 Å². The van der Waals surface area contributed by atoms with Crippen LogP contribution in [0.2, 0.25) is 0 Å². The van der Waals surface area contributed by atoms with E-state index >= 15 is 0 Å². The van der Waals surface area contributed by atoms with Gasteiger partial charge in [-0.2, -0.15) is 0 Å². The number of nitrogens with zero attached hydrogens (tertiary/aromatic N) is 4. The molecule has 0 atom stereocenters. The number of ketones is 1. The van der Waals surface area contributed by atoms with Crippen molar-refractivity contribution in [2.45, 2.75) is 26.2 Å². The number of unbranched alkanes of at least 4 members (excludes halogenated alkanes) is 1. The molecule has 0 radical (unpaired) electrons. The Morgan fingerprint density at radius 2 is 1.85 bits per heavy atom. The van der Waals surface area contributed by atoms with E-state index in [4.69, 9.17) is 4.74 Å². The van der Waals surface area contributed by atoms with E-state index in [0.29, 0.717) is 13.0 Å². The third-order valence-electron chi connectivity index (χ3n) is 4.88. The monoisotopic (exact) mass is 368 g/mol. The van der Waals surface area contributed by atoms with E-state index in [0.717, 1.165) is 62.7 Å². The molecule has 6 heteroatoms. The minimum atomic E-state index is 0.168. The maximum Gasteiger partial charge on any atom is 0.162 e. The van der Waals surface area contributed by atoms with Crippen LogP contribution in [-0.2, 0) is 0 Å². The summed E-state index contributed by atoms with van der Waals surface area (Å²) < 4.78 is 5.79. The molecule has 0 bridgehead atoms. The lowest BCUT2D eigenvalue weighted by molar-refractivity contribution is 0.0988. The molecule has 3 rings (SSSR count). The van der Waals surface area contributed by atoms with Gasteiger partial charge < -0.3 is 9.64 Å². The number of piperazine rings is 1. The molecule has 6 nitrogen and oxygen atoms in total. The van der Waals surface area contributed by atoms with Gasteiger partial charge in [-0.3, -0.25) is 14.7 Å². The fourth-order valence-corrected chi connectivity index (χ4v) is 3.22. The number of aromatic nitrogens is 2. The fraction of sp³-hybridized carbons (Fsp3) is 0.476. The van der Waals surface area contributed by atoms with Gasteiger partial charge in [0.25, 0.3) is 0 Å². The maximum atomic E-state index is 11.6. The Morgan fingerprint density at radius 1 is 1.07 bits per heavy atom. The normalized spacial score (nSPS) is 14.9. The first kappa shape index (κ1) is 19.3. The van der Waals surface area contributed by atoms with Crippen molar-refractivity contribution in [3.8, 4) is 5.75 Å². The number of carbonyl (C=O) groups excluding carboxylic acids is 1. The van der Waals surface area contributed by atoms with Crippen LogP contribution >= 0.6 is 0 Å². The molecular weight excluding hydrogens is 340 g/mol. The second-order valence-corrected chi connectivity index (χ2v) is 6.75. The zero-order valence-corrected chi connectivity index (χ0v) is 16.0. The topological polar surface area (TPSA) is 58.6 Å². The third kappa shape index (κ3) is 5.76. The summed E-state index contributed by atoms with van der Waals surface area (Å²) >= 11 is 0. The number of anilines is 1. The minimum Gasteiger partial charge on any atom is -0.494 e. The third-order valence-corrected chi connectivity index (χ3v) is 4.88. The van der Waals surface area contributed by atoms with E-state index in [1.807, 2.05) is 37.4 Å². The molecule has 27 heavy (non-hydrogen) atoms. The summed E-state index contributed by atoms with van der Waals surface area (Å²) in [5.74, 6) is 1.97. The molecule has 0 unspecified atom stereocenters. The van der Waals surface area contributed by atoms with Gasteiger partial charge in [0.15, 0.2) is 5.78 Å². The quantitative estimate of drug-likeness (QED) is 0.501. The number of ether oxygens (including phenoxy) is 1. The molecule has 0 N–H and O–H groups in total. The highest BCUT2D eigenvalue weighted by Crippen LogP contribution is 2.15. The van der Waals surface area contributed by atoms with Crippen LogP contribution < -0.4 is 9.64 Å². The Morgan fingerprint density at radius 3 is 2.52 bits per heavy atom. The molecule has 1 aromatic heterocycles. The van der Waals surface area contributed by atoms with Crippen LogP contribution in [0.25, 0.3) is 0 Å². The second kappa shape index (κ2) is 10.0. The summed E-state index contributed by atoms with van der Waals surface area (Å²) in [5.41, 5.74) is 0.755. The van der Waals surface area contributed by atoms with Crippen molar-refractivity contribution in [1.82, 2.24) is 14.9 Å². The SMILES string of the molecule is CCC(=O)c1ccc(OCCCCN2CCN(c3cnccn3)CC2)cc1. The molecule has 1 fully saturated rings. The van der Waals surface area contributed by atoms with Crippen molar-refractivity contribution >= 4 is 11.6 Å². The zero-order valence-electron chi connectivity index (χ0n) is 16.0. The van der Waals surface area contributed by atoms with E-state index in [1.54, 1.807) is 12.4 Å². The molecule has 1 aliphatic rings. The molecule has 2 aromatic rings. The van der Waals surface area contributed by atoms with Gasteiger partial charge in [-0.25, -0.2) is 4.98 Å². The largest absolute Gasteiger partial charge is 0.494 e. The van der Waals surface area contributed by atoms with Crippen LogP contribution in [-0.4, -0.2) is 60.0 Å². The van der Waals surface area contributed by atoms with E-state index in [9.17, 15) is 4.79 Å². The first-order valence-corrected chi connectivity index (χ1v) is 9.75. The van der Waals surface area contributed by atoms with E-state index < -0.39 is 0 Å². The fourth-order valence-electron chi connectivity index (χ4n) is 3.22. The highest BCUT2D eigenvalue weighted by atomic mass is 16.5. The molecule has 1 aromatic carbocycles. The predicted octanol–water partition coefficient (Wildman–Crippen LogP) is 3.05. The Kier molecular flexibility index (Phi) is 7.16. The Hall–Kier alpha value is -2.47. The van der Waals surface area contributed by atoms with Gasteiger partial charge in [0.1, 0.15) is 11.6 Å². The standard InChI is InChI=1S/C21H28N4O2/c1-2-20(26)18-5-7-19(8-6-18)27-16-4-3-11-24-12-14-25(15-13-24)21-17-22-9-10-23-21/h5-10,17H,2-4,11-16H2,1H3. The number of hydrogen-bond acceptors (Lipinski definition) is 6. The lowest BCUT2D eigenvalue weighted by Gasteiger charge is -2.35. The van der Waals surface area contributed by atoms with Crippen molar-refractivity contribution in [2.75, 3.05) is 44.2 Å². The summed E-state index contributed by atoms with van der Waals surface area (Å²) in [6, 6.07) is 7.46. The number of carbonyl (C=O) groups is 1.